The maximum atomic E-state index is 12.1. The minimum absolute atomic E-state index is 0.169. The Kier molecular flexibility index (Phi) is 5.92. The highest BCUT2D eigenvalue weighted by Crippen LogP contribution is 2.31. The van der Waals surface area contributed by atoms with Crippen molar-refractivity contribution in [3.05, 3.63) is 0 Å². The normalized spacial score (nSPS) is 21.2. The van der Waals surface area contributed by atoms with Crippen LogP contribution in [-0.4, -0.2) is 39.3 Å². The highest BCUT2D eigenvalue weighted by Gasteiger charge is 2.36. The molecule has 17 heavy (non-hydrogen) atoms. The van der Waals surface area contributed by atoms with Crippen LogP contribution in [0.25, 0.3) is 0 Å². The number of piperidine rings is 1. The Morgan fingerprint density at radius 3 is 2.88 bits per heavy atom. The van der Waals surface area contributed by atoms with E-state index in [4.69, 9.17) is 4.74 Å². The summed E-state index contributed by atoms with van der Waals surface area (Å²) < 4.78 is 4.96. The molecular formula is C13H26N2O2. The summed E-state index contributed by atoms with van der Waals surface area (Å²) in [7, 11) is 1.68. The minimum atomic E-state index is -0.277. The molecule has 4 nitrogen and oxygen atoms in total. The summed E-state index contributed by atoms with van der Waals surface area (Å²) in [5.41, 5.74) is -0.277. The molecule has 1 atom stereocenters. The summed E-state index contributed by atoms with van der Waals surface area (Å²) in [5.74, 6) is 0.612. The van der Waals surface area contributed by atoms with E-state index in [1.807, 2.05) is 0 Å². The van der Waals surface area contributed by atoms with Gasteiger partial charge in [0.1, 0.15) is 0 Å². The van der Waals surface area contributed by atoms with E-state index in [1.54, 1.807) is 7.11 Å². The second-order valence-corrected chi connectivity index (χ2v) is 5.37. The molecule has 1 unspecified atom stereocenters. The van der Waals surface area contributed by atoms with Crippen molar-refractivity contribution >= 4 is 5.91 Å². The van der Waals surface area contributed by atoms with Crippen LogP contribution in [0.4, 0.5) is 0 Å². The lowest BCUT2D eigenvalue weighted by molar-refractivity contribution is -0.132. The molecule has 1 rings (SSSR count). The second-order valence-electron chi connectivity index (χ2n) is 5.37. The first-order valence-electron chi connectivity index (χ1n) is 6.57. The molecule has 0 aromatic rings. The quantitative estimate of drug-likeness (QED) is 0.687. The molecule has 1 aliphatic heterocycles. The number of carbonyl (C=O) groups excluding carboxylic acids is 1. The van der Waals surface area contributed by atoms with Crippen molar-refractivity contribution in [1.82, 2.24) is 10.6 Å². The Balaban J connectivity index is 2.36. The predicted molar refractivity (Wildman–Crippen MR) is 68.9 cm³/mol. The summed E-state index contributed by atoms with van der Waals surface area (Å²) in [6, 6.07) is 0. The molecule has 1 aliphatic rings. The third kappa shape index (κ3) is 4.28. The van der Waals surface area contributed by atoms with Gasteiger partial charge in [-0.2, -0.15) is 0 Å². The van der Waals surface area contributed by atoms with Crippen LogP contribution in [0, 0.1) is 11.3 Å². The Labute approximate surface area is 104 Å². The standard InChI is InChI=1S/C13H26N2O2/c1-13(2,11-6-4-7-14-10-11)12(16)15-8-5-9-17-3/h11,14H,4-10H2,1-3H3,(H,15,16). The average Bonchev–Trinajstić information content (AvgIpc) is 2.35. The number of rotatable bonds is 6. The van der Waals surface area contributed by atoms with Gasteiger partial charge in [0.15, 0.2) is 0 Å². The van der Waals surface area contributed by atoms with Crippen LogP contribution in [0.1, 0.15) is 33.1 Å². The molecule has 1 fully saturated rings. The number of nitrogens with one attached hydrogen (secondary N) is 2. The van der Waals surface area contributed by atoms with Crippen molar-refractivity contribution in [3.8, 4) is 0 Å². The second kappa shape index (κ2) is 6.97. The lowest BCUT2D eigenvalue weighted by Crippen LogP contribution is -2.47. The fourth-order valence-electron chi connectivity index (χ4n) is 2.30. The SMILES string of the molecule is COCCCNC(=O)C(C)(C)C1CCCNC1. The maximum absolute atomic E-state index is 12.1. The zero-order chi connectivity index (χ0) is 12.7. The molecule has 0 aromatic heterocycles. The summed E-state index contributed by atoms with van der Waals surface area (Å²) in [6.07, 6.45) is 3.19. The van der Waals surface area contributed by atoms with E-state index in [0.717, 1.165) is 25.9 Å². The van der Waals surface area contributed by atoms with E-state index < -0.39 is 0 Å². The molecule has 0 bridgehead atoms. The molecule has 1 saturated heterocycles. The maximum Gasteiger partial charge on any atom is 0.225 e. The topological polar surface area (TPSA) is 50.4 Å². The molecule has 0 aromatic carbocycles. The van der Waals surface area contributed by atoms with Crippen molar-refractivity contribution in [2.45, 2.75) is 33.1 Å². The molecular weight excluding hydrogens is 216 g/mol. The highest BCUT2D eigenvalue weighted by atomic mass is 16.5. The van der Waals surface area contributed by atoms with E-state index in [1.165, 1.54) is 6.42 Å². The minimum Gasteiger partial charge on any atom is -0.385 e. The number of amides is 1. The monoisotopic (exact) mass is 242 g/mol. The van der Waals surface area contributed by atoms with Gasteiger partial charge in [-0.15, -0.1) is 0 Å². The van der Waals surface area contributed by atoms with Crippen LogP contribution in [-0.2, 0) is 9.53 Å². The van der Waals surface area contributed by atoms with Gasteiger partial charge in [0.05, 0.1) is 0 Å². The van der Waals surface area contributed by atoms with Gasteiger partial charge >= 0.3 is 0 Å². The van der Waals surface area contributed by atoms with Gasteiger partial charge in [0.25, 0.3) is 0 Å². The summed E-state index contributed by atoms with van der Waals surface area (Å²) in [4.78, 5) is 12.1. The smallest absolute Gasteiger partial charge is 0.225 e. The third-order valence-corrected chi connectivity index (χ3v) is 3.71. The number of ether oxygens (including phenoxy) is 1. The molecule has 100 valence electrons. The Bertz CT molecular complexity index is 236. The van der Waals surface area contributed by atoms with Gasteiger partial charge in [-0.1, -0.05) is 13.8 Å². The van der Waals surface area contributed by atoms with E-state index in [0.29, 0.717) is 19.1 Å². The van der Waals surface area contributed by atoms with Crippen molar-refractivity contribution in [3.63, 3.8) is 0 Å². The average molecular weight is 242 g/mol. The largest absolute Gasteiger partial charge is 0.385 e. The van der Waals surface area contributed by atoms with Crippen molar-refractivity contribution in [2.24, 2.45) is 11.3 Å². The summed E-state index contributed by atoms with van der Waals surface area (Å²) in [6.45, 7) is 7.55. The van der Waals surface area contributed by atoms with Crippen LogP contribution in [0.15, 0.2) is 0 Å². The third-order valence-electron chi connectivity index (χ3n) is 3.71. The molecule has 0 saturated carbocycles. The first-order chi connectivity index (χ1) is 8.09. The molecule has 0 spiro atoms. The van der Waals surface area contributed by atoms with Crippen molar-refractivity contribution < 1.29 is 9.53 Å². The van der Waals surface area contributed by atoms with E-state index >= 15 is 0 Å². The predicted octanol–water partition coefficient (Wildman–Crippen LogP) is 1.16. The fraction of sp³-hybridized carbons (Fsp3) is 0.923. The van der Waals surface area contributed by atoms with Crippen LogP contribution < -0.4 is 10.6 Å². The molecule has 1 heterocycles. The van der Waals surface area contributed by atoms with Crippen LogP contribution >= 0.6 is 0 Å². The Morgan fingerprint density at radius 2 is 2.29 bits per heavy atom. The number of methoxy groups -OCH3 is 1. The number of carbonyl (C=O) groups is 1. The number of hydrogen-bond donors (Lipinski definition) is 2. The van der Waals surface area contributed by atoms with Crippen LogP contribution in [0.2, 0.25) is 0 Å². The lowest BCUT2D eigenvalue weighted by Gasteiger charge is -2.36. The number of hydrogen-bond acceptors (Lipinski definition) is 3. The van der Waals surface area contributed by atoms with Gasteiger partial charge in [-0.3, -0.25) is 4.79 Å². The van der Waals surface area contributed by atoms with Crippen LogP contribution in [0.5, 0.6) is 0 Å². The van der Waals surface area contributed by atoms with Gasteiger partial charge in [-0.05, 0) is 38.3 Å². The molecule has 2 N–H and O–H groups in total. The first-order valence-corrected chi connectivity index (χ1v) is 6.57. The Hall–Kier alpha value is -0.610. The summed E-state index contributed by atoms with van der Waals surface area (Å²) in [5, 5.41) is 6.38. The van der Waals surface area contributed by atoms with Gasteiger partial charge < -0.3 is 15.4 Å². The Morgan fingerprint density at radius 1 is 1.53 bits per heavy atom. The van der Waals surface area contributed by atoms with Crippen molar-refractivity contribution in [1.29, 1.82) is 0 Å². The molecule has 1 amide bonds. The highest BCUT2D eigenvalue weighted by molar-refractivity contribution is 5.82. The summed E-state index contributed by atoms with van der Waals surface area (Å²) >= 11 is 0. The van der Waals surface area contributed by atoms with Gasteiger partial charge in [0, 0.05) is 25.7 Å². The molecule has 0 aliphatic carbocycles. The van der Waals surface area contributed by atoms with Gasteiger partial charge in [0.2, 0.25) is 5.91 Å². The van der Waals surface area contributed by atoms with Crippen molar-refractivity contribution in [2.75, 3.05) is 33.4 Å². The van der Waals surface area contributed by atoms with Crippen LogP contribution in [0.3, 0.4) is 0 Å². The fourth-order valence-corrected chi connectivity index (χ4v) is 2.30. The molecule has 0 radical (unpaired) electrons. The van der Waals surface area contributed by atoms with E-state index in [-0.39, 0.29) is 11.3 Å². The first kappa shape index (κ1) is 14.5. The van der Waals surface area contributed by atoms with Gasteiger partial charge in [-0.25, -0.2) is 0 Å². The zero-order valence-electron chi connectivity index (χ0n) is 11.3. The zero-order valence-corrected chi connectivity index (χ0v) is 11.3. The van der Waals surface area contributed by atoms with E-state index in [9.17, 15) is 4.79 Å². The lowest BCUT2D eigenvalue weighted by atomic mass is 9.74. The molecule has 4 heteroatoms. The van der Waals surface area contributed by atoms with E-state index in [2.05, 4.69) is 24.5 Å².